The van der Waals surface area contributed by atoms with Gasteiger partial charge in [0.05, 0.1) is 11.4 Å². The van der Waals surface area contributed by atoms with Crippen LogP contribution in [0.4, 0.5) is 10.2 Å². The molecular weight excluding hydrogens is 333 g/mol. The fourth-order valence-corrected chi connectivity index (χ4v) is 2.33. The number of nitrogens with two attached hydrogens (primary N) is 1. The Bertz CT molecular complexity index is 859. The Hall–Kier alpha value is -3.40. The number of aryl methyl sites for hydroxylation is 1. The Kier molecular flexibility index (Phi) is 6.68. The number of anilines is 1. The monoisotopic (exact) mass is 353 g/mol. The first-order chi connectivity index (χ1) is 12.6. The van der Waals surface area contributed by atoms with Gasteiger partial charge in [-0.3, -0.25) is 4.79 Å². The molecule has 1 aromatic heterocycles. The van der Waals surface area contributed by atoms with E-state index in [2.05, 4.69) is 16.5 Å². The summed E-state index contributed by atoms with van der Waals surface area (Å²) in [6, 6.07) is 7.76. The maximum Gasteiger partial charge on any atom is 0.243 e. The average Bonchev–Trinajstić information content (AvgIpc) is 2.95. The number of allylic oxidation sites excluding steroid dienone is 3. The fraction of sp³-hybridized carbons (Fsp3) is 0.211. The van der Waals surface area contributed by atoms with E-state index in [4.69, 9.17) is 5.73 Å². The molecule has 2 rings (SSSR count). The highest BCUT2D eigenvalue weighted by molar-refractivity contribution is 5.87. The predicted octanol–water partition coefficient (Wildman–Crippen LogP) is 2.65. The van der Waals surface area contributed by atoms with Crippen LogP contribution in [0.15, 0.2) is 48.6 Å². The van der Waals surface area contributed by atoms with Crippen molar-refractivity contribution in [1.29, 1.82) is 5.26 Å². The van der Waals surface area contributed by atoms with E-state index >= 15 is 0 Å². The zero-order valence-electron chi connectivity index (χ0n) is 14.4. The average molecular weight is 353 g/mol. The van der Waals surface area contributed by atoms with Crippen LogP contribution < -0.4 is 11.1 Å². The first-order valence-electron chi connectivity index (χ1n) is 8.17. The van der Waals surface area contributed by atoms with Crippen molar-refractivity contribution >= 4 is 11.7 Å². The second-order valence-corrected chi connectivity index (χ2v) is 5.49. The largest absolute Gasteiger partial charge is 0.382 e. The smallest absolute Gasteiger partial charge is 0.243 e. The summed E-state index contributed by atoms with van der Waals surface area (Å²) in [6.07, 6.45) is 7.80. The number of amides is 1. The molecule has 0 spiro atoms. The van der Waals surface area contributed by atoms with Crippen LogP contribution in [0, 0.1) is 17.1 Å². The molecule has 1 heterocycles. The molecule has 7 heteroatoms. The molecule has 0 unspecified atom stereocenters. The number of benzene rings is 1. The summed E-state index contributed by atoms with van der Waals surface area (Å²) in [5.74, 6) is -0.327. The first-order valence-corrected chi connectivity index (χ1v) is 8.17. The maximum absolute atomic E-state index is 13.1. The Labute approximate surface area is 151 Å². The predicted molar refractivity (Wildman–Crippen MR) is 97.9 cm³/mol. The van der Waals surface area contributed by atoms with Gasteiger partial charge < -0.3 is 11.1 Å². The van der Waals surface area contributed by atoms with E-state index in [0.29, 0.717) is 36.3 Å². The number of nitriles is 1. The number of carbonyl (C=O) groups excluding carboxylic acids is 1. The van der Waals surface area contributed by atoms with Crippen molar-refractivity contribution < 1.29 is 9.18 Å². The van der Waals surface area contributed by atoms with E-state index in [1.807, 2.05) is 13.0 Å². The number of nitrogens with zero attached hydrogens (tertiary/aromatic N) is 3. The molecule has 6 nitrogen and oxygen atoms in total. The third-order valence-electron chi connectivity index (χ3n) is 3.62. The highest BCUT2D eigenvalue weighted by Crippen LogP contribution is 2.21. The van der Waals surface area contributed by atoms with Crippen LogP contribution >= 0.6 is 0 Å². The minimum absolute atomic E-state index is 0.181. The van der Waals surface area contributed by atoms with Crippen molar-refractivity contribution in [2.75, 3.05) is 12.3 Å². The lowest BCUT2D eigenvalue weighted by Crippen LogP contribution is -2.22. The highest BCUT2D eigenvalue weighted by atomic mass is 19.1. The molecule has 1 aromatic carbocycles. The summed E-state index contributed by atoms with van der Waals surface area (Å²) in [7, 11) is 0. The van der Waals surface area contributed by atoms with Crippen LogP contribution in [0.1, 0.15) is 24.6 Å². The van der Waals surface area contributed by atoms with E-state index < -0.39 is 0 Å². The lowest BCUT2D eigenvalue weighted by atomic mass is 10.1. The van der Waals surface area contributed by atoms with Crippen molar-refractivity contribution in [1.82, 2.24) is 15.1 Å². The van der Waals surface area contributed by atoms with Gasteiger partial charge in [-0.2, -0.15) is 10.4 Å². The summed E-state index contributed by atoms with van der Waals surface area (Å²) in [5, 5.41) is 16.5. The summed E-state index contributed by atoms with van der Waals surface area (Å²) < 4.78 is 14.5. The highest BCUT2D eigenvalue weighted by Gasteiger charge is 2.16. The minimum atomic E-state index is -0.362. The molecule has 0 aliphatic heterocycles. The van der Waals surface area contributed by atoms with Crippen molar-refractivity contribution in [3.63, 3.8) is 0 Å². The minimum Gasteiger partial charge on any atom is -0.382 e. The zero-order chi connectivity index (χ0) is 18.9. The molecule has 0 aliphatic carbocycles. The molecule has 134 valence electrons. The number of hydrogen-bond donors (Lipinski definition) is 2. The van der Waals surface area contributed by atoms with E-state index in [9.17, 15) is 14.4 Å². The maximum atomic E-state index is 13.1. The second kappa shape index (κ2) is 9.18. The van der Waals surface area contributed by atoms with Crippen LogP contribution in [0.5, 0.6) is 0 Å². The number of halogens is 1. The molecule has 3 N–H and O–H groups in total. The molecule has 26 heavy (non-hydrogen) atoms. The van der Waals surface area contributed by atoms with Gasteiger partial charge in [0.15, 0.2) is 0 Å². The van der Waals surface area contributed by atoms with Crippen molar-refractivity contribution in [2.24, 2.45) is 0 Å². The van der Waals surface area contributed by atoms with Crippen LogP contribution in [0.25, 0.3) is 5.69 Å². The van der Waals surface area contributed by atoms with Gasteiger partial charge in [-0.15, -0.1) is 0 Å². The Morgan fingerprint density at radius 2 is 2.12 bits per heavy atom. The van der Waals surface area contributed by atoms with Gasteiger partial charge in [-0.1, -0.05) is 18.2 Å². The summed E-state index contributed by atoms with van der Waals surface area (Å²) in [5.41, 5.74) is 7.43. The number of aromatic nitrogens is 2. The Morgan fingerprint density at radius 1 is 1.38 bits per heavy atom. The van der Waals surface area contributed by atoms with Crippen LogP contribution in [0.2, 0.25) is 0 Å². The van der Waals surface area contributed by atoms with Gasteiger partial charge in [-0.05, 0) is 44.0 Å². The number of hydrogen-bond acceptors (Lipinski definition) is 4. The molecule has 0 atom stereocenters. The number of nitrogen functional groups attached to an aromatic ring is 1. The quantitative estimate of drug-likeness (QED) is 0.454. The second-order valence-electron chi connectivity index (χ2n) is 5.49. The molecular formula is C19H20FN5O. The molecule has 1 amide bonds. The lowest BCUT2D eigenvalue weighted by Gasteiger charge is -2.03. The molecule has 0 saturated heterocycles. The standard InChI is InChI=1S/C19H20FN5O/c1-2-3-4-7-18(26)23-12-5-6-17-16(13-21)19(22)25(24-17)15-10-8-14(20)9-11-15/h2-4,7-11H,5-6,12,22H2,1H3,(H,23,26)/b3-2+,7-4+. The third-order valence-corrected chi connectivity index (χ3v) is 3.62. The van der Waals surface area contributed by atoms with Crippen molar-refractivity contribution in [3.05, 3.63) is 65.6 Å². The summed E-state index contributed by atoms with van der Waals surface area (Å²) in [4.78, 5) is 11.6. The van der Waals surface area contributed by atoms with Gasteiger partial charge in [0.1, 0.15) is 23.3 Å². The Morgan fingerprint density at radius 3 is 2.77 bits per heavy atom. The van der Waals surface area contributed by atoms with Crippen molar-refractivity contribution in [2.45, 2.75) is 19.8 Å². The summed E-state index contributed by atoms with van der Waals surface area (Å²) >= 11 is 0. The van der Waals surface area contributed by atoms with E-state index in [1.165, 1.54) is 22.9 Å². The third kappa shape index (κ3) is 4.80. The number of rotatable bonds is 7. The summed E-state index contributed by atoms with van der Waals surface area (Å²) in [6.45, 7) is 2.32. The molecule has 0 bridgehead atoms. The zero-order valence-corrected chi connectivity index (χ0v) is 14.4. The molecule has 0 aliphatic rings. The Balaban J connectivity index is 2.01. The van der Waals surface area contributed by atoms with Gasteiger partial charge in [0.25, 0.3) is 0 Å². The number of carbonyl (C=O) groups is 1. The van der Waals surface area contributed by atoms with Crippen LogP contribution in [-0.4, -0.2) is 22.2 Å². The van der Waals surface area contributed by atoms with Gasteiger partial charge in [0.2, 0.25) is 5.91 Å². The van der Waals surface area contributed by atoms with Crippen LogP contribution in [-0.2, 0) is 11.2 Å². The first kappa shape index (κ1) is 18.9. The number of nitrogens with one attached hydrogen (secondary N) is 1. The van der Waals surface area contributed by atoms with E-state index in [1.54, 1.807) is 24.3 Å². The lowest BCUT2D eigenvalue weighted by molar-refractivity contribution is -0.116. The molecule has 0 radical (unpaired) electrons. The van der Waals surface area contributed by atoms with E-state index in [0.717, 1.165) is 0 Å². The molecule has 0 fully saturated rings. The van der Waals surface area contributed by atoms with Crippen molar-refractivity contribution in [3.8, 4) is 11.8 Å². The fourth-order valence-electron chi connectivity index (χ4n) is 2.33. The van der Waals surface area contributed by atoms with Crippen LogP contribution in [0.3, 0.4) is 0 Å². The molecule has 2 aromatic rings. The topological polar surface area (TPSA) is 96.7 Å². The molecule has 0 saturated carbocycles. The normalized spacial score (nSPS) is 11.1. The van der Waals surface area contributed by atoms with Gasteiger partial charge in [0, 0.05) is 12.6 Å². The SMILES string of the molecule is C/C=C/C=C/C(=O)NCCCc1nn(-c2ccc(F)cc2)c(N)c1C#N. The van der Waals surface area contributed by atoms with Gasteiger partial charge in [-0.25, -0.2) is 9.07 Å². The van der Waals surface area contributed by atoms with E-state index in [-0.39, 0.29) is 17.5 Å². The van der Waals surface area contributed by atoms with Gasteiger partial charge >= 0.3 is 0 Å².